The largest absolute Gasteiger partial charge is 0.481 e. The van der Waals surface area contributed by atoms with Gasteiger partial charge in [0, 0.05) is 18.5 Å². The van der Waals surface area contributed by atoms with Crippen molar-refractivity contribution in [1.82, 2.24) is 5.32 Å². The number of carboxylic acids is 1. The quantitative estimate of drug-likeness (QED) is 0.528. The van der Waals surface area contributed by atoms with Gasteiger partial charge in [-0.1, -0.05) is 20.3 Å². The molecule has 0 saturated heterocycles. The Morgan fingerprint density at radius 3 is 2.16 bits per heavy atom. The maximum atomic E-state index is 11.7. The number of hydrogen-bond acceptors (Lipinski definition) is 3. The Kier molecular flexibility index (Phi) is 9.21. The Hall–Kier alpha value is -1.10. The molecule has 1 amide bonds. The molecule has 0 radical (unpaired) electrons. The van der Waals surface area contributed by atoms with E-state index in [1.165, 1.54) is 0 Å². The van der Waals surface area contributed by atoms with Gasteiger partial charge in [-0.3, -0.25) is 9.59 Å². The highest BCUT2D eigenvalue weighted by Gasteiger charge is 2.13. The molecular weight excluding hydrogens is 244 g/mol. The van der Waals surface area contributed by atoms with E-state index in [0.29, 0.717) is 19.4 Å². The van der Waals surface area contributed by atoms with E-state index in [4.69, 9.17) is 10.8 Å². The third-order valence-corrected chi connectivity index (χ3v) is 3.28. The van der Waals surface area contributed by atoms with Gasteiger partial charge in [0.15, 0.2) is 0 Å². The van der Waals surface area contributed by atoms with Gasteiger partial charge in [-0.15, -0.1) is 0 Å². The van der Waals surface area contributed by atoms with Crippen molar-refractivity contribution in [2.45, 2.75) is 58.9 Å². The molecule has 0 aliphatic heterocycles. The number of nitrogens with one attached hydrogen (secondary N) is 1. The number of aliphatic carboxylic acids is 1. The lowest BCUT2D eigenvalue weighted by atomic mass is 10.0. The fourth-order valence-electron chi connectivity index (χ4n) is 1.79. The number of amides is 1. The van der Waals surface area contributed by atoms with Crippen LogP contribution in [0.2, 0.25) is 0 Å². The van der Waals surface area contributed by atoms with Crippen LogP contribution in [0.5, 0.6) is 0 Å². The highest BCUT2D eigenvalue weighted by Crippen LogP contribution is 2.09. The highest BCUT2D eigenvalue weighted by molar-refractivity contribution is 5.78. The summed E-state index contributed by atoms with van der Waals surface area (Å²) >= 11 is 0. The lowest BCUT2D eigenvalue weighted by molar-refractivity contribution is -0.141. The van der Waals surface area contributed by atoms with Crippen LogP contribution in [0.1, 0.15) is 52.9 Å². The van der Waals surface area contributed by atoms with Crippen molar-refractivity contribution < 1.29 is 14.7 Å². The summed E-state index contributed by atoms with van der Waals surface area (Å²) in [6.07, 6.45) is 4.04. The predicted octanol–water partition coefficient (Wildman–Crippen LogP) is 1.76. The van der Waals surface area contributed by atoms with Crippen LogP contribution in [-0.4, -0.2) is 29.6 Å². The Bertz CT molecular complexity index is 280. The van der Waals surface area contributed by atoms with E-state index in [9.17, 15) is 9.59 Å². The summed E-state index contributed by atoms with van der Waals surface area (Å²) < 4.78 is 0. The highest BCUT2D eigenvalue weighted by atomic mass is 16.4. The Morgan fingerprint density at radius 1 is 1.05 bits per heavy atom. The van der Waals surface area contributed by atoms with Crippen LogP contribution in [0.15, 0.2) is 0 Å². The van der Waals surface area contributed by atoms with E-state index in [-0.39, 0.29) is 23.8 Å². The molecule has 0 rings (SSSR count). The fourth-order valence-corrected chi connectivity index (χ4v) is 1.79. The molecule has 0 fully saturated rings. The summed E-state index contributed by atoms with van der Waals surface area (Å²) in [6.45, 7) is 6.11. The molecule has 0 aromatic carbocycles. The molecule has 0 aromatic heterocycles. The van der Waals surface area contributed by atoms with Crippen molar-refractivity contribution in [2.24, 2.45) is 17.6 Å². The van der Waals surface area contributed by atoms with Gasteiger partial charge in [-0.25, -0.2) is 0 Å². The van der Waals surface area contributed by atoms with E-state index in [2.05, 4.69) is 5.32 Å². The minimum absolute atomic E-state index is 0.00403. The van der Waals surface area contributed by atoms with Crippen molar-refractivity contribution >= 4 is 11.9 Å². The third-order valence-electron chi connectivity index (χ3n) is 3.28. The van der Waals surface area contributed by atoms with Crippen LogP contribution >= 0.6 is 0 Å². The third kappa shape index (κ3) is 9.47. The van der Waals surface area contributed by atoms with Crippen molar-refractivity contribution in [3.05, 3.63) is 0 Å². The molecule has 5 nitrogen and oxygen atoms in total. The number of carboxylic acid groups (broad SMARTS) is 1. The maximum Gasteiger partial charge on any atom is 0.306 e. The number of hydrogen-bond donors (Lipinski definition) is 3. The van der Waals surface area contributed by atoms with Crippen LogP contribution in [0.4, 0.5) is 0 Å². The predicted molar refractivity (Wildman–Crippen MR) is 75.7 cm³/mol. The van der Waals surface area contributed by atoms with Crippen molar-refractivity contribution in [2.75, 3.05) is 6.54 Å². The van der Waals surface area contributed by atoms with Crippen molar-refractivity contribution in [3.63, 3.8) is 0 Å². The fraction of sp³-hybridized carbons (Fsp3) is 0.857. The first-order valence-electron chi connectivity index (χ1n) is 7.10. The normalized spacial score (nSPS) is 15.6. The molecule has 0 heterocycles. The minimum atomic E-state index is -0.782. The molecule has 3 unspecified atom stereocenters. The van der Waals surface area contributed by atoms with Crippen molar-refractivity contribution in [3.8, 4) is 0 Å². The molecule has 0 aliphatic carbocycles. The molecule has 0 aromatic rings. The summed E-state index contributed by atoms with van der Waals surface area (Å²) in [5.41, 5.74) is 5.66. The van der Waals surface area contributed by atoms with Gasteiger partial charge in [-0.2, -0.15) is 0 Å². The average molecular weight is 272 g/mol. The minimum Gasteiger partial charge on any atom is -0.481 e. The molecule has 0 saturated carbocycles. The van der Waals surface area contributed by atoms with Gasteiger partial charge in [0.05, 0.1) is 5.92 Å². The second-order valence-electron chi connectivity index (χ2n) is 5.48. The zero-order chi connectivity index (χ0) is 14.8. The molecule has 3 atom stereocenters. The van der Waals surface area contributed by atoms with Crippen LogP contribution in [0.25, 0.3) is 0 Å². The first-order valence-corrected chi connectivity index (χ1v) is 7.10. The molecule has 4 N–H and O–H groups in total. The summed E-state index contributed by atoms with van der Waals surface area (Å²) in [4.78, 5) is 22.3. The summed E-state index contributed by atoms with van der Waals surface area (Å²) in [7, 11) is 0. The van der Waals surface area contributed by atoms with Gasteiger partial charge in [0.25, 0.3) is 0 Å². The number of carbonyl (C=O) groups is 2. The zero-order valence-corrected chi connectivity index (χ0v) is 12.3. The topological polar surface area (TPSA) is 92.4 Å². The Morgan fingerprint density at radius 2 is 1.63 bits per heavy atom. The summed E-state index contributed by atoms with van der Waals surface area (Å²) in [5.74, 6) is -1.08. The number of rotatable bonds is 10. The Labute approximate surface area is 115 Å². The monoisotopic (exact) mass is 272 g/mol. The Balaban J connectivity index is 3.65. The van der Waals surface area contributed by atoms with Gasteiger partial charge in [-0.05, 0) is 32.6 Å². The van der Waals surface area contributed by atoms with Crippen LogP contribution < -0.4 is 11.1 Å². The van der Waals surface area contributed by atoms with E-state index in [1.54, 1.807) is 6.92 Å². The molecule has 0 spiro atoms. The first-order chi connectivity index (χ1) is 8.84. The number of nitrogens with two attached hydrogens (primary N) is 1. The van der Waals surface area contributed by atoms with Crippen LogP contribution in [0.3, 0.4) is 0 Å². The smallest absolute Gasteiger partial charge is 0.306 e. The van der Waals surface area contributed by atoms with E-state index in [1.807, 2.05) is 13.8 Å². The number of carbonyl (C=O) groups excluding carboxylic acids is 1. The van der Waals surface area contributed by atoms with Gasteiger partial charge in [0.1, 0.15) is 0 Å². The molecule has 5 heteroatoms. The van der Waals surface area contributed by atoms with Gasteiger partial charge < -0.3 is 16.2 Å². The molecule has 19 heavy (non-hydrogen) atoms. The van der Waals surface area contributed by atoms with Crippen LogP contribution in [-0.2, 0) is 9.59 Å². The van der Waals surface area contributed by atoms with Crippen LogP contribution in [0, 0.1) is 11.8 Å². The average Bonchev–Trinajstić information content (AvgIpc) is 2.33. The molecular formula is C14H28N2O3. The zero-order valence-electron chi connectivity index (χ0n) is 12.3. The second kappa shape index (κ2) is 9.78. The van der Waals surface area contributed by atoms with E-state index in [0.717, 1.165) is 19.3 Å². The maximum absolute atomic E-state index is 11.7. The molecule has 0 bridgehead atoms. The SMILES string of the molecule is CC(N)CCCC(C)C(=O)NCCCC(C)C(=O)O. The van der Waals surface area contributed by atoms with Crippen molar-refractivity contribution in [1.29, 1.82) is 0 Å². The lowest BCUT2D eigenvalue weighted by Crippen LogP contribution is -2.30. The molecule has 112 valence electrons. The standard InChI is InChI=1S/C14H28N2O3/c1-10(6-4-8-12(3)15)13(17)16-9-5-7-11(2)14(18)19/h10-12H,4-9,15H2,1-3H3,(H,16,17)(H,18,19). The second-order valence-corrected chi connectivity index (χ2v) is 5.48. The van der Waals surface area contributed by atoms with Gasteiger partial charge in [0.2, 0.25) is 5.91 Å². The van der Waals surface area contributed by atoms with Gasteiger partial charge >= 0.3 is 5.97 Å². The van der Waals surface area contributed by atoms with E-state index >= 15 is 0 Å². The summed E-state index contributed by atoms with van der Waals surface area (Å²) in [5, 5.41) is 11.6. The first kappa shape index (κ1) is 17.9. The summed E-state index contributed by atoms with van der Waals surface area (Å²) in [6, 6.07) is 0.188. The lowest BCUT2D eigenvalue weighted by Gasteiger charge is -2.13. The van der Waals surface area contributed by atoms with E-state index < -0.39 is 5.97 Å². The molecule has 0 aliphatic rings.